The number of benzene rings is 2. The quantitative estimate of drug-likeness (QED) is 0.772. The summed E-state index contributed by atoms with van der Waals surface area (Å²) in [7, 11) is 0. The Bertz CT molecular complexity index is 899. The smallest absolute Gasteiger partial charge is 0.228 e. The van der Waals surface area contributed by atoms with Crippen LogP contribution in [-0.2, 0) is 11.2 Å². The monoisotopic (exact) mass is 315 g/mol. The van der Waals surface area contributed by atoms with Gasteiger partial charge in [-0.1, -0.05) is 12.1 Å². The molecule has 3 rings (SSSR count). The van der Waals surface area contributed by atoms with Crippen molar-refractivity contribution in [2.24, 2.45) is 0 Å². The maximum atomic E-state index is 13.2. The number of rotatable bonds is 3. The van der Waals surface area contributed by atoms with Crippen molar-refractivity contribution in [2.45, 2.75) is 20.3 Å². The van der Waals surface area contributed by atoms with Gasteiger partial charge in [0.15, 0.2) is 11.6 Å². The van der Waals surface area contributed by atoms with Crippen molar-refractivity contribution in [3.8, 4) is 0 Å². The lowest BCUT2D eigenvalue weighted by atomic mass is 10.0. The fourth-order valence-corrected chi connectivity index (χ4v) is 2.48. The molecule has 0 fully saturated rings. The molecule has 0 aliphatic carbocycles. The molecule has 1 aromatic heterocycles. The van der Waals surface area contributed by atoms with Crippen LogP contribution in [0, 0.1) is 25.5 Å². The summed E-state index contributed by atoms with van der Waals surface area (Å²) >= 11 is 0. The van der Waals surface area contributed by atoms with Crippen molar-refractivity contribution in [3.05, 3.63) is 64.9 Å². The third-order valence-electron chi connectivity index (χ3n) is 3.90. The molecule has 2 aromatic carbocycles. The van der Waals surface area contributed by atoms with Crippen LogP contribution in [0.5, 0.6) is 0 Å². The molecule has 3 nitrogen and oxygen atoms in total. The minimum Gasteiger partial charge on any atom is -0.464 e. The van der Waals surface area contributed by atoms with Crippen LogP contribution in [0.2, 0.25) is 0 Å². The van der Waals surface area contributed by atoms with Crippen molar-refractivity contribution in [1.29, 1.82) is 0 Å². The lowest BCUT2D eigenvalue weighted by molar-refractivity contribution is -0.115. The Kier molecular flexibility index (Phi) is 3.86. The number of carbonyl (C=O) groups excluding carboxylic acids is 1. The minimum atomic E-state index is -0.998. The van der Waals surface area contributed by atoms with Crippen molar-refractivity contribution in [2.75, 3.05) is 5.32 Å². The number of hydrogen-bond acceptors (Lipinski definition) is 2. The SMILES string of the molecule is Cc1ccc2c(CC(=O)Nc3ccc(F)c(F)c3)coc2c1C. The van der Waals surface area contributed by atoms with E-state index in [-0.39, 0.29) is 18.0 Å². The van der Waals surface area contributed by atoms with E-state index in [2.05, 4.69) is 5.32 Å². The number of hydrogen-bond donors (Lipinski definition) is 1. The number of aryl methyl sites for hydroxylation is 2. The van der Waals surface area contributed by atoms with Crippen LogP contribution < -0.4 is 5.32 Å². The van der Waals surface area contributed by atoms with Gasteiger partial charge in [0.25, 0.3) is 0 Å². The predicted octanol–water partition coefficient (Wildman–Crippen LogP) is 4.51. The summed E-state index contributed by atoms with van der Waals surface area (Å²) in [6.07, 6.45) is 1.65. The fraction of sp³-hybridized carbons (Fsp3) is 0.167. The number of furan rings is 1. The Morgan fingerprint density at radius 2 is 1.91 bits per heavy atom. The molecule has 0 spiro atoms. The average Bonchev–Trinajstić information content (AvgIpc) is 2.90. The van der Waals surface area contributed by atoms with Gasteiger partial charge in [0, 0.05) is 22.7 Å². The van der Waals surface area contributed by atoms with Crippen LogP contribution in [0.15, 0.2) is 41.0 Å². The van der Waals surface area contributed by atoms with Gasteiger partial charge in [0.2, 0.25) is 5.91 Å². The second-order valence-electron chi connectivity index (χ2n) is 5.50. The van der Waals surface area contributed by atoms with Gasteiger partial charge in [-0.05, 0) is 37.1 Å². The van der Waals surface area contributed by atoms with Gasteiger partial charge in [0.05, 0.1) is 12.7 Å². The van der Waals surface area contributed by atoms with Gasteiger partial charge in [-0.3, -0.25) is 4.79 Å². The first-order valence-electron chi connectivity index (χ1n) is 7.17. The van der Waals surface area contributed by atoms with Crippen molar-refractivity contribution < 1.29 is 18.0 Å². The van der Waals surface area contributed by atoms with Crippen molar-refractivity contribution in [3.63, 3.8) is 0 Å². The summed E-state index contributed by atoms with van der Waals surface area (Å²) in [6, 6.07) is 7.14. The van der Waals surface area contributed by atoms with Crippen LogP contribution in [0.3, 0.4) is 0 Å². The molecule has 0 aliphatic heterocycles. The Hall–Kier alpha value is -2.69. The number of nitrogens with one attached hydrogen (secondary N) is 1. The van der Waals surface area contributed by atoms with Crippen LogP contribution in [0.1, 0.15) is 16.7 Å². The van der Waals surface area contributed by atoms with E-state index in [1.54, 1.807) is 6.26 Å². The van der Waals surface area contributed by atoms with Crippen LogP contribution >= 0.6 is 0 Å². The highest BCUT2D eigenvalue weighted by molar-refractivity contribution is 5.95. The highest BCUT2D eigenvalue weighted by Crippen LogP contribution is 2.27. The first kappa shape index (κ1) is 15.2. The molecule has 0 atom stereocenters. The zero-order chi connectivity index (χ0) is 16.6. The fourth-order valence-electron chi connectivity index (χ4n) is 2.48. The van der Waals surface area contributed by atoms with E-state index in [1.165, 1.54) is 6.07 Å². The maximum absolute atomic E-state index is 13.2. The first-order chi connectivity index (χ1) is 11.0. The number of fused-ring (bicyclic) bond motifs is 1. The molecule has 0 aliphatic rings. The van der Waals surface area contributed by atoms with E-state index in [0.29, 0.717) is 0 Å². The molecule has 1 N–H and O–H groups in total. The predicted molar refractivity (Wildman–Crippen MR) is 84.4 cm³/mol. The number of amides is 1. The standard InChI is InChI=1S/C18H15F2NO2/c1-10-3-5-14-12(9-23-18(14)11(10)2)7-17(22)21-13-4-6-15(19)16(20)8-13/h3-6,8-9H,7H2,1-2H3,(H,21,22). The number of carbonyl (C=O) groups is 1. The molecule has 0 radical (unpaired) electrons. The summed E-state index contributed by atoms with van der Waals surface area (Å²) in [4.78, 5) is 12.1. The molecule has 0 bridgehead atoms. The lowest BCUT2D eigenvalue weighted by Crippen LogP contribution is -2.14. The molecule has 1 heterocycles. The highest BCUT2D eigenvalue weighted by atomic mass is 19.2. The molecule has 23 heavy (non-hydrogen) atoms. The largest absolute Gasteiger partial charge is 0.464 e. The van der Waals surface area contributed by atoms with E-state index < -0.39 is 11.6 Å². The third kappa shape index (κ3) is 2.95. The summed E-state index contributed by atoms with van der Waals surface area (Å²) < 4.78 is 31.6. The summed E-state index contributed by atoms with van der Waals surface area (Å²) in [5.41, 5.74) is 3.89. The summed E-state index contributed by atoms with van der Waals surface area (Å²) in [5.74, 6) is -2.27. The Labute approximate surface area is 131 Å². The van der Waals surface area contributed by atoms with Crippen molar-refractivity contribution >= 4 is 22.6 Å². The van der Waals surface area contributed by atoms with Gasteiger partial charge in [-0.25, -0.2) is 8.78 Å². The van der Waals surface area contributed by atoms with Gasteiger partial charge in [-0.15, -0.1) is 0 Å². The van der Waals surface area contributed by atoms with Gasteiger partial charge < -0.3 is 9.73 Å². The summed E-state index contributed by atoms with van der Waals surface area (Å²) in [6.45, 7) is 3.96. The second kappa shape index (κ2) is 5.83. The minimum absolute atomic E-state index is 0.0918. The molecule has 3 aromatic rings. The average molecular weight is 315 g/mol. The van der Waals surface area contributed by atoms with Crippen LogP contribution in [-0.4, -0.2) is 5.91 Å². The third-order valence-corrected chi connectivity index (χ3v) is 3.90. The maximum Gasteiger partial charge on any atom is 0.228 e. The van der Waals surface area contributed by atoms with E-state index >= 15 is 0 Å². The van der Waals surface area contributed by atoms with Crippen LogP contribution in [0.4, 0.5) is 14.5 Å². The molecule has 5 heteroatoms. The molecule has 0 unspecified atom stereocenters. The number of anilines is 1. The Morgan fingerprint density at radius 1 is 1.13 bits per heavy atom. The zero-order valence-electron chi connectivity index (χ0n) is 12.7. The summed E-state index contributed by atoms with van der Waals surface area (Å²) in [5, 5.41) is 3.43. The topological polar surface area (TPSA) is 42.2 Å². The van der Waals surface area contributed by atoms with Gasteiger partial charge in [0.1, 0.15) is 5.58 Å². The van der Waals surface area contributed by atoms with E-state index in [0.717, 1.165) is 39.8 Å². The van der Waals surface area contributed by atoms with Gasteiger partial charge >= 0.3 is 0 Å². The molecular weight excluding hydrogens is 300 g/mol. The van der Waals surface area contributed by atoms with Gasteiger partial charge in [-0.2, -0.15) is 0 Å². The molecule has 118 valence electrons. The van der Waals surface area contributed by atoms with Crippen LogP contribution in [0.25, 0.3) is 11.0 Å². The molecular formula is C18H15F2NO2. The van der Waals surface area contributed by atoms with E-state index in [1.807, 2.05) is 26.0 Å². The highest BCUT2D eigenvalue weighted by Gasteiger charge is 2.13. The Morgan fingerprint density at radius 3 is 2.65 bits per heavy atom. The first-order valence-corrected chi connectivity index (χ1v) is 7.17. The van der Waals surface area contributed by atoms with E-state index in [4.69, 9.17) is 4.42 Å². The molecule has 0 saturated heterocycles. The van der Waals surface area contributed by atoms with Crippen molar-refractivity contribution in [1.82, 2.24) is 0 Å². The normalized spacial score (nSPS) is 11.0. The second-order valence-corrected chi connectivity index (χ2v) is 5.50. The number of halogens is 2. The van der Waals surface area contributed by atoms with E-state index in [9.17, 15) is 13.6 Å². The Balaban J connectivity index is 1.80. The zero-order valence-corrected chi connectivity index (χ0v) is 12.7. The molecule has 1 amide bonds. The molecule has 0 saturated carbocycles. The lowest BCUT2D eigenvalue weighted by Gasteiger charge is -2.05.